The summed E-state index contributed by atoms with van der Waals surface area (Å²) in [7, 11) is 0. The maximum Gasteiger partial charge on any atom is 0.345 e. The topological polar surface area (TPSA) is 84.2 Å². The van der Waals surface area contributed by atoms with Gasteiger partial charge in [-0.1, -0.05) is 37.0 Å². The van der Waals surface area contributed by atoms with E-state index >= 15 is 0 Å². The first-order chi connectivity index (χ1) is 14.3. The van der Waals surface area contributed by atoms with Gasteiger partial charge in [0.1, 0.15) is 11.5 Å². The summed E-state index contributed by atoms with van der Waals surface area (Å²) in [4.78, 5) is 22.6. The van der Waals surface area contributed by atoms with Gasteiger partial charge in [-0.05, 0) is 36.4 Å². The number of hydrogen-bond donors (Lipinski definition) is 0. The van der Waals surface area contributed by atoms with Crippen LogP contribution < -0.4 is 4.74 Å². The fourth-order valence-electron chi connectivity index (χ4n) is 2.25. The second-order valence-corrected chi connectivity index (χ2v) is 7.84. The smallest absolute Gasteiger partial charge is 0.345 e. The normalized spacial score (nSPS) is 12.4. The quantitative estimate of drug-likeness (QED) is 0.253. The molecule has 0 N–H and O–H groups in total. The van der Waals surface area contributed by atoms with Gasteiger partial charge in [0.25, 0.3) is 6.47 Å². The van der Waals surface area contributed by atoms with Crippen LogP contribution in [-0.2, 0) is 23.8 Å². The number of carbonyl (C=O) groups is 2. The van der Waals surface area contributed by atoms with Crippen LogP contribution in [0.3, 0.4) is 0 Å². The molecule has 0 saturated carbocycles. The lowest BCUT2D eigenvalue weighted by molar-refractivity contribution is -0.150. The lowest BCUT2D eigenvalue weighted by atomic mass is 9.96. The molecule has 1 aromatic carbocycles. The predicted molar refractivity (Wildman–Crippen MR) is 110 cm³/mol. The monoisotopic (exact) mass is 456 g/mol. The average Bonchev–Trinajstić information content (AvgIpc) is 3.23. The summed E-state index contributed by atoms with van der Waals surface area (Å²) in [5.74, 6) is 0.0919. The standard InChI is InChI=1S/C21H22Cl2O7/c1-21(2,13-27-14-24)12-26-9-7-19(18-4-3-8-28-18)30-20(25)11-29-17-6-5-15(22)10-16(17)23/h3-10,14,19H,11-13H2,1-2H3. The minimum Gasteiger partial charge on any atom is -0.501 e. The third kappa shape index (κ3) is 8.00. The molecular formula is C21H22Cl2O7. The zero-order valence-corrected chi connectivity index (χ0v) is 18.0. The van der Waals surface area contributed by atoms with Crippen molar-refractivity contribution in [2.75, 3.05) is 19.8 Å². The minimum absolute atomic E-state index is 0.214. The van der Waals surface area contributed by atoms with E-state index in [0.29, 0.717) is 23.0 Å². The Kier molecular flexibility index (Phi) is 9.08. The van der Waals surface area contributed by atoms with Crippen LogP contribution in [0.1, 0.15) is 25.7 Å². The van der Waals surface area contributed by atoms with Gasteiger partial charge in [0.2, 0.25) is 0 Å². The molecule has 0 radical (unpaired) electrons. The van der Waals surface area contributed by atoms with Crippen molar-refractivity contribution >= 4 is 35.6 Å². The Balaban J connectivity index is 1.91. The van der Waals surface area contributed by atoms with Gasteiger partial charge in [0.15, 0.2) is 12.7 Å². The lowest BCUT2D eigenvalue weighted by Gasteiger charge is -2.22. The number of carbonyl (C=O) groups excluding carboxylic acids is 2. The number of benzene rings is 1. The SMILES string of the molecule is CC(C)(COC=O)COC=CC(OC(=O)COc1ccc(Cl)cc1Cl)c1ccco1. The van der Waals surface area contributed by atoms with E-state index in [9.17, 15) is 9.59 Å². The molecule has 1 atom stereocenters. The maximum atomic E-state index is 12.2. The Morgan fingerprint density at radius 3 is 2.63 bits per heavy atom. The van der Waals surface area contributed by atoms with Crippen LogP contribution in [0, 0.1) is 5.41 Å². The zero-order chi connectivity index (χ0) is 22.0. The number of esters is 1. The number of halogens is 2. The third-order valence-electron chi connectivity index (χ3n) is 3.69. The molecule has 0 aliphatic carbocycles. The van der Waals surface area contributed by atoms with Crippen LogP contribution in [0.15, 0.2) is 53.4 Å². The molecule has 0 fully saturated rings. The molecule has 0 bridgehead atoms. The van der Waals surface area contributed by atoms with Crippen molar-refractivity contribution in [3.8, 4) is 5.75 Å². The molecule has 9 heteroatoms. The van der Waals surface area contributed by atoms with Gasteiger partial charge >= 0.3 is 5.97 Å². The molecule has 162 valence electrons. The summed E-state index contributed by atoms with van der Waals surface area (Å²) in [6.45, 7) is 4.30. The lowest BCUT2D eigenvalue weighted by Crippen LogP contribution is -2.24. The summed E-state index contributed by atoms with van der Waals surface area (Å²) in [6, 6.07) is 8.01. The van der Waals surface area contributed by atoms with Crippen LogP contribution in [0.5, 0.6) is 5.75 Å². The minimum atomic E-state index is -0.814. The van der Waals surface area contributed by atoms with Crippen molar-refractivity contribution in [3.63, 3.8) is 0 Å². The highest BCUT2D eigenvalue weighted by molar-refractivity contribution is 6.35. The largest absolute Gasteiger partial charge is 0.501 e. The molecule has 0 spiro atoms. The Labute approximate surface area is 184 Å². The second-order valence-electron chi connectivity index (χ2n) is 7.00. The van der Waals surface area contributed by atoms with Gasteiger partial charge < -0.3 is 23.4 Å². The number of hydrogen-bond acceptors (Lipinski definition) is 7. The summed E-state index contributed by atoms with van der Waals surface area (Å²) < 4.78 is 26.4. The summed E-state index contributed by atoms with van der Waals surface area (Å²) in [6.07, 6.45) is 3.59. The molecule has 2 aromatic rings. The van der Waals surface area contributed by atoms with Gasteiger partial charge in [-0.25, -0.2) is 4.79 Å². The first kappa shape index (κ1) is 23.6. The third-order valence-corrected chi connectivity index (χ3v) is 4.22. The number of ether oxygens (including phenoxy) is 4. The Morgan fingerprint density at radius 1 is 1.20 bits per heavy atom. The fraction of sp³-hybridized carbons (Fsp3) is 0.333. The number of furan rings is 1. The first-order valence-corrected chi connectivity index (χ1v) is 9.70. The molecule has 0 aliphatic rings. The van der Waals surface area contributed by atoms with Crippen LogP contribution >= 0.6 is 23.2 Å². The molecule has 1 unspecified atom stereocenters. The van der Waals surface area contributed by atoms with E-state index in [2.05, 4.69) is 0 Å². The van der Waals surface area contributed by atoms with Crippen LogP contribution in [0.2, 0.25) is 10.0 Å². The van der Waals surface area contributed by atoms with E-state index in [1.807, 2.05) is 13.8 Å². The van der Waals surface area contributed by atoms with Crippen molar-refractivity contribution in [2.24, 2.45) is 5.41 Å². The van der Waals surface area contributed by atoms with E-state index < -0.39 is 12.1 Å². The molecule has 2 rings (SSSR count). The first-order valence-electron chi connectivity index (χ1n) is 8.95. The Bertz CT molecular complexity index is 847. The zero-order valence-electron chi connectivity index (χ0n) is 16.5. The summed E-state index contributed by atoms with van der Waals surface area (Å²) >= 11 is 11.9. The van der Waals surface area contributed by atoms with Gasteiger partial charge in [-0.3, -0.25) is 4.79 Å². The van der Waals surface area contributed by atoms with Crippen molar-refractivity contribution in [1.82, 2.24) is 0 Å². The van der Waals surface area contributed by atoms with Gasteiger partial charge in [-0.2, -0.15) is 0 Å². The number of rotatable bonds is 12. The highest BCUT2D eigenvalue weighted by Crippen LogP contribution is 2.28. The average molecular weight is 457 g/mol. The van der Waals surface area contributed by atoms with Crippen LogP contribution in [0.25, 0.3) is 0 Å². The van der Waals surface area contributed by atoms with Crippen molar-refractivity contribution in [1.29, 1.82) is 0 Å². The van der Waals surface area contributed by atoms with E-state index in [4.69, 9.17) is 46.6 Å². The van der Waals surface area contributed by atoms with Crippen molar-refractivity contribution < 1.29 is 33.0 Å². The van der Waals surface area contributed by atoms with Crippen molar-refractivity contribution in [2.45, 2.75) is 20.0 Å². The van der Waals surface area contributed by atoms with Crippen LogP contribution in [-0.4, -0.2) is 32.3 Å². The maximum absolute atomic E-state index is 12.2. The van der Waals surface area contributed by atoms with Gasteiger partial charge in [0.05, 0.1) is 30.8 Å². The highest BCUT2D eigenvalue weighted by atomic mass is 35.5. The Morgan fingerprint density at radius 2 is 1.97 bits per heavy atom. The van der Waals surface area contributed by atoms with E-state index in [1.54, 1.807) is 24.3 Å². The summed E-state index contributed by atoms with van der Waals surface area (Å²) in [5.41, 5.74) is -0.381. The van der Waals surface area contributed by atoms with Gasteiger partial charge in [0, 0.05) is 10.4 Å². The molecule has 1 heterocycles. The van der Waals surface area contributed by atoms with Crippen molar-refractivity contribution in [3.05, 3.63) is 64.7 Å². The van der Waals surface area contributed by atoms with E-state index in [0.717, 1.165) is 0 Å². The predicted octanol–water partition coefficient (Wildman–Crippen LogP) is 4.98. The molecule has 0 amide bonds. The molecule has 1 aromatic heterocycles. The molecule has 0 aliphatic heterocycles. The molecule has 0 saturated heterocycles. The summed E-state index contributed by atoms with van der Waals surface area (Å²) in [5, 5.41) is 0.742. The van der Waals surface area contributed by atoms with E-state index in [-0.39, 0.29) is 30.3 Å². The molecular weight excluding hydrogens is 435 g/mol. The fourth-order valence-corrected chi connectivity index (χ4v) is 2.71. The van der Waals surface area contributed by atoms with E-state index in [1.165, 1.54) is 24.7 Å². The Hall–Kier alpha value is -2.64. The molecule has 30 heavy (non-hydrogen) atoms. The molecule has 7 nitrogen and oxygen atoms in total. The van der Waals surface area contributed by atoms with Crippen LogP contribution in [0.4, 0.5) is 0 Å². The highest BCUT2D eigenvalue weighted by Gasteiger charge is 2.20. The second kappa shape index (κ2) is 11.5. The van der Waals surface area contributed by atoms with Gasteiger partial charge in [-0.15, -0.1) is 0 Å².